The zero-order valence-electron chi connectivity index (χ0n) is 15.4. The molecule has 0 fully saturated rings. The number of fused-ring (bicyclic) bond motifs is 2. The van der Waals surface area contributed by atoms with Gasteiger partial charge in [0.1, 0.15) is 29.3 Å². The highest BCUT2D eigenvalue weighted by Gasteiger charge is 2.35. The third-order valence-electron chi connectivity index (χ3n) is 4.55. The minimum atomic E-state index is -2.68. The Labute approximate surface area is 164 Å². The summed E-state index contributed by atoms with van der Waals surface area (Å²) in [5, 5.41) is 16.3. The van der Waals surface area contributed by atoms with Crippen LogP contribution in [0, 0.1) is 0 Å². The lowest BCUT2D eigenvalue weighted by Gasteiger charge is -2.20. The van der Waals surface area contributed by atoms with Crippen LogP contribution in [0.1, 0.15) is 22.8 Å². The first-order chi connectivity index (χ1) is 13.9. The molecule has 2 N–H and O–H groups in total. The molecule has 4 rings (SSSR count). The number of nitrogens with zero attached hydrogens (tertiary/aromatic N) is 3. The molecule has 1 amide bonds. The number of aliphatic hydroxyl groups excluding tert-OH is 1. The quantitative estimate of drug-likeness (QED) is 0.654. The van der Waals surface area contributed by atoms with Crippen LogP contribution in [0.3, 0.4) is 0 Å². The van der Waals surface area contributed by atoms with Crippen molar-refractivity contribution in [2.45, 2.75) is 25.4 Å². The fourth-order valence-corrected chi connectivity index (χ4v) is 3.18. The molecule has 0 spiro atoms. The van der Waals surface area contributed by atoms with E-state index < -0.39 is 24.5 Å². The average Bonchev–Trinajstić information content (AvgIpc) is 3.26. The molecule has 152 valence electrons. The number of amides is 1. The summed E-state index contributed by atoms with van der Waals surface area (Å²) in [4.78, 5) is 16.9. The Kier molecular flexibility index (Phi) is 4.79. The van der Waals surface area contributed by atoms with E-state index in [9.17, 15) is 18.7 Å². The summed E-state index contributed by atoms with van der Waals surface area (Å²) in [7, 11) is 0. The SMILES string of the molecule is CC1(CO)Cc2cc(NC(=O)c3cnn4cccnc34)c(OCC(F)F)cc2O1. The fraction of sp³-hybridized carbons (Fsp3) is 0.316. The fourth-order valence-electron chi connectivity index (χ4n) is 3.18. The summed E-state index contributed by atoms with van der Waals surface area (Å²) in [5.41, 5.74) is 0.701. The highest BCUT2D eigenvalue weighted by molar-refractivity contribution is 6.08. The molecule has 1 unspecified atom stereocenters. The number of aliphatic hydroxyl groups is 1. The first-order valence-electron chi connectivity index (χ1n) is 8.86. The van der Waals surface area contributed by atoms with E-state index in [-0.39, 0.29) is 23.6 Å². The van der Waals surface area contributed by atoms with Gasteiger partial charge in [-0.15, -0.1) is 0 Å². The van der Waals surface area contributed by atoms with Gasteiger partial charge in [-0.05, 0) is 19.1 Å². The van der Waals surface area contributed by atoms with Crippen molar-refractivity contribution in [2.75, 3.05) is 18.5 Å². The zero-order chi connectivity index (χ0) is 20.6. The number of carbonyl (C=O) groups is 1. The number of rotatable bonds is 6. The molecule has 3 aromatic rings. The Balaban J connectivity index is 1.66. The Bertz CT molecular complexity index is 1070. The molecule has 1 atom stereocenters. The van der Waals surface area contributed by atoms with Gasteiger partial charge in [0, 0.05) is 30.4 Å². The zero-order valence-corrected chi connectivity index (χ0v) is 15.4. The first kappa shape index (κ1) is 19.1. The highest BCUT2D eigenvalue weighted by Crippen LogP contribution is 2.41. The monoisotopic (exact) mass is 404 g/mol. The number of carbonyl (C=O) groups excluding carboxylic acids is 1. The molecule has 0 radical (unpaired) electrons. The lowest BCUT2D eigenvalue weighted by molar-refractivity contribution is 0.0442. The van der Waals surface area contributed by atoms with Gasteiger partial charge in [-0.1, -0.05) is 0 Å². The molecule has 1 aliphatic rings. The van der Waals surface area contributed by atoms with E-state index in [0.29, 0.717) is 17.8 Å². The number of hydrogen-bond acceptors (Lipinski definition) is 6. The van der Waals surface area contributed by atoms with Crippen LogP contribution in [-0.2, 0) is 6.42 Å². The van der Waals surface area contributed by atoms with Gasteiger partial charge in [-0.25, -0.2) is 18.3 Å². The van der Waals surface area contributed by atoms with E-state index in [4.69, 9.17) is 9.47 Å². The number of benzene rings is 1. The van der Waals surface area contributed by atoms with E-state index in [1.54, 1.807) is 25.3 Å². The van der Waals surface area contributed by atoms with Gasteiger partial charge >= 0.3 is 0 Å². The topological polar surface area (TPSA) is 98.0 Å². The molecule has 10 heteroatoms. The maximum atomic E-state index is 12.8. The second-order valence-electron chi connectivity index (χ2n) is 6.95. The largest absolute Gasteiger partial charge is 0.485 e. The molecule has 0 aliphatic carbocycles. The summed E-state index contributed by atoms with van der Waals surface area (Å²) in [6.45, 7) is 0.678. The summed E-state index contributed by atoms with van der Waals surface area (Å²) in [6.07, 6.45) is 2.28. The Morgan fingerprint density at radius 2 is 2.31 bits per heavy atom. The van der Waals surface area contributed by atoms with Crippen molar-refractivity contribution in [3.8, 4) is 11.5 Å². The Morgan fingerprint density at radius 1 is 1.48 bits per heavy atom. The van der Waals surface area contributed by atoms with Gasteiger partial charge in [0.2, 0.25) is 0 Å². The van der Waals surface area contributed by atoms with Gasteiger partial charge in [-0.3, -0.25) is 4.79 Å². The molecule has 2 aromatic heterocycles. The van der Waals surface area contributed by atoms with Gasteiger partial charge in [0.25, 0.3) is 12.3 Å². The molecule has 1 aliphatic heterocycles. The molecule has 0 bridgehead atoms. The van der Waals surface area contributed by atoms with Crippen LogP contribution in [0.15, 0.2) is 36.8 Å². The van der Waals surface area contributed by atoms with Crippen molar-refractivity contribution in [1.82, 2.24) is 14.6 Å². The number of ether oxygens (including phenoxy) is 2. The molecule has 29 heavy (non-hydrogen) atoms. The van der Waals surface area contributed by atoms with Crippen molar-refractivity contribution in [3.05, 3.63) is 47.9 Å². The molecular formula is C19H18F2N4O4. The summed E-state index contributed by atoms with van der Waals surface area (Å²) in [6, 6.07) is 4.73. The Hall–Kier alpha value is -3.27. The lowest BCUT2D eigenvalue weighted by atomic mass is 10.00. The highest BCUT2D eigenvalue weighted by atomic mass is 19.3. The smallest absolute Gasteiger partial charge is 0.272 e. The molecule has 0 saturated heterocycles. The van der Waals surface area contributed by atoms with Gasteiger partial charge < -0.3 is 19.9 Å². The predicted molar refractivity (Wildman–Crippen MR) is 98.7 cm³/mol. The number of alkyl halides is 2. The van der Waals surface area contributed by atoms with Crippen LogP contribution in [0.2, 0.25) is 0 Å². The van der Waals surface area contributed by atoms with E-state index in [2.05, 4.69) is 15.4 Å². The normalized spacial score (nSPS) is 18.0. The first-order valence-corrected chi connectivity index (χ1v) is 8.86. The van der Waals surface area contributed by atoms with Crippen molar-refractivity contribution in [3.63, 3.8) is 0 Å². The van der Waals surface area contributed by atoms with Crippen LogP contribution < -0.4 is 14.8 Å². The van der Waals surface area contributed by atoms with Crippen LogP contribution in [0.4, 0.5) is 14.5 Å². The van der Waals surface area contributed by atoms with E-state index in [1.165, 1.54) is 23.0 Å². The van der Waals surface area contributed by atoms with Crippen molar-refractivity contribution < 1.29 is 28.2 Å². The van der Waals surface area contributed by atoms with Gasteiger partial charge in [0.15, 0.2) is 5.65 Å². The minimum absolute atomic E-state index is 0.0454. The number of aromatic nitrogens is 3. The lowest BCUT2D eigenvalue weighted by Crippen LogP contribution is -2.34. The van der Waals surface area contributed by atoms with E-state index in [0.717, 1.165) is 5.56 Å². The molecule has 0 saturated carbocycles. The third kappa shape index (κ3) is 3.70. The van der Waals surface area contributed by atoms with E-state index >= 15 is 0 Å². The maximum Gasteiger partial charge on any atom is 0.272 e. The summed E-state index contributed by atoms with van der Waals surface area (Å²) in [5.74, 6) is -0.0464. The minimum Gasteiger partial charge on any atom is -0.485 e. The van der Waals surface area contributed by atoms with Crippen LogP contribution in [0.5, 0.6) is 11.5 Å². The standard InChI is InChI=1S/C19H18F2N4O4/c1-19(10-26)7-11-5-13(15(6-14(11)29-19)28-9-16(20)21)24-18(27)12-8-23-25-4-2-3-22-17(12)25/h2-6,8,16,26H,7,9-10H2,1H3,(H,24,27). The molecule has 8 nitrogen and oxygen atoms in total. The average molecular weight is 404 g/mol. The number of nitrogens with one attached hydrogen (secondary N) is 1. The second kappa shape index (κ2) is 7.28. The van der Waals surface area contributed by atoms with Gasteiger partial charge in [-0.2, -0.15) is 5.10 Å². The summed E-state index contributed by atoms with van der Waals surface area (Å²) < 4.78 is 37.7. The second-order valence-corrected chi connectivity index (χ2v) is 6.95. The van der Waals surface area contributed by atoms with Crippen molar-refractivity contribution >= 4 is 17.2 Å². The van der Waals surface area contributed by atoms with E-state index in [1.807, 2.05) is 0 Å². The van der Waals surface area contributed by atoms with Crippen molar-refractivity contribution in [1.29, 1.82) is 0 Å². The van der Waals surface area contributed by atoms with Crippen molar-refractivity contribution in [2.24, 2.45) is 0 Å². The molecular weight excluding hydrogens is 386 g/mol. The van der Waals surface area contributed by atoms with Gasteiger partial charge in [0.05, 0.1) is 18.5 Å². The van der Waals surface area contributed by atoms with Crippen LogP contribution in [0.25, 0.3) is 5.65 Å². The van der Waals surface area contributed by atoms with Crippen LogP contribution in [-0.4, -0.2) is 50.9 Å². The molecule has 1 aromatic carbocycles. The number of anilines is 1. The maximum absolute atomic E-state index is 12.8. The Morgan fingerprint density at radius 3 is 3.07 bits per heavy atom. The number of halogens is 2. The molecule has 3 heterocycles. The third-order valence-corrected chi connectivity index (χ3v) is 4.55. The number of hydrogen-bond donors (Lipinski definition) is 2. The summed E-state index contributed by atoms with van der Waals surface area (Å²) >= 11 is 0. The predicted octanol–water partition coefficient (Wildman–Crippen LogP) is 2.31. The van der Waals surface area contributed by atoms with Crippen LogP contribution >= 0.6 is 0 Å².